The molecule has 1 fully saturated rings. The molecule has 0 aliphatic carbocycles. The van der Waals surface area contributed by atoms with Crippen LogP contribution >= 0.6 is 0 Å². The van der Waals surface area contributed by atoms with E-state index in [1.165, 1.54) is 0 Å². The summed E-state index contributed by atoms with van der Waals surface area (Å²) in [6.45, 7) is 8.93. The third kappa shape index (κ3) is 4.01. The highest BCUT2D eigenvalue weighted by Gasteiger charge is 2.19. The van der Waals surface area contributed by atoms with Gasteiger partial charge in [0, 0.05) is 18.3 Å². The van der Waals surface area contributed by atoms with Crippen LogP contribution in [0.3, 0.4) is 0 Å². The number of ether oxygens (including phenoxy) is 2. The van der Waals surface area contributed by atoms with Crippen LogP contribution in [0.15, 0.2) is 12.3 Å². The molecule has 0 amide bonds. The van der Waals surface area contributed by atoms with Crippen molar-refractivity contribution < 1.29 is 9.47 Å². The van der Waals surface area contributed by atoms with Crippen LogP contribution in [0.5, 0.6) is 0 Å². The smallest absolute Gasteiger partial charge is 0.159 e. The fraction of sp³-hybridized carbons (Fsp3) is 0.692. The highest BCUT2D eigenvalue weighted by atomic mass is 16.6. The number of aromatic nitrogens is 2. The Morgan fingerprint density at radius 1 is 1.39 bits per heavy atom. The van der Waals surface area contributed by atoms with Gasteiger partial charge in [0.25, 0.3) is 0 Å². The number of hydrogen-bond donors (Lipinski definition) is 1. The summed E-state index contributed by atoms with van der Waals surface area (Å²) in [7, 11) is 0. The van der Waals surface area contributed by atoms with Crippen LogP contribution in [0, 0.1) is 0 Å². The van der Waals surface area contributed by atoms with Crippen molar-refractivity contribution in [3.8, 4) is 0 Å². The Balaban J connectivity index is 2.00. The molecule has 1 unspecified atom stereocenters. The number of hydrogen-bond acceptors (Lipinski definition) is 5. The first-order valence-electron chi connectivity index (χ1n) is 6.31. The molecule has 0 radical (unpaired) electrons. The summed E-state index contributed by atoms with van der Waals surface area (Å²) in [5, 5.41) is 3.41. The maximum Gasteiger partial charge on any atom is 0.159 e. The van der Waals surface area contributed by atoms with E-state index in [9.17, 15) is 0 Å². The second-order valence-electron chi connectivity index (χ2n) is 5.44. The Morgan fingerprint density at radius 2 is 2.22 bits per heavy atom. The van der Waals surface area contributed by atoms with E-state index < -0.39 is 0 Å². The lowest BCUT2D eigenvalue weighted by Crippen LogP contribution is -2.35. The standard InChI is InChI=1S/C13H21N3O2/c1-13(2,3)15-8-10-4-5-14-12(16-10)11-9-17-6-7-18-11/h4-5,11,15H,6-9H2,1-3H3. The van der Waals surface area contributed by atoms with Gasteiger partial charge in [0.05, 0.1) is 25.5 Å². The SMILES string of the molecule is CC(C)(C)NCc1ccnc(C2COCCO2)n1. The Bertz CT molecular complexity index is 384. The molecule has 5 heteroatoms. The zero-order chi connectivity index (χ0) is 13.0. The number of nitrogens with one attached hydrogen (secondary N) is 1. The zero-order valence-corrected chi connectivity index (χ0v) is 11.3. The van der Waals surface area contributed by atoms with Crippen LogP contribution in [0.1, 0.15) is 38.4 Å². The fourth-order valence-corrected chi connectivity index (χ4v) is 1.66. The molecule has 5 nitrogen and oxygen atoms in total. The highest BCUT2D eigenvalue weighted by molar-refractivity contribution is 5.05. The summed E-state index contributed by atoms with van der Waals surface area (Å²) in [6.07, 6.45) is 1.65. The second kappa shape index (κ2) is 5.73. The number of rotatable bonds is 3. The van der Waals surface area contributed by atoms with E-state index in [0.29, 0.717) is 25.6 Å². The van der Waals surface area contributed by atoms with Crippen molar-refractivity contribution in [3.05, 3.63) is 23.8 Å². The van der Waals surface area contributed by atoms with Gasteiger partial charge in [0.15, 0.2) is 5.82 Å². The van der Waals surface area contributed by atoms with E-state index in [2.05, 4.69) is 36.1 Å². The van der Waals surface area contributed by atoms with Gasteiger partial charge in [0.2, 0.25) is 0 Å². The molecular formula is C13H21N3O2. The lowest BCUT2D eigenvalue weighted by Gasteiger charge is -2.23. The van der Waals surface area contributed by atoms with Gasteiger partial charge < -0.3 is 14.8 Å². The lowest BCUT2D eigenvalue weighted by molar-refractivity contribution is -0.0936. The maximum absolute atomic E-state index is 5.59. The summed E-state index contributed by atoms with van der Waals surface area (Å²) >= 11 is 0. The summed E-state index contributed by atoms with van der Waals surface area (Å²) in [5.41, 5.74) is 1.05. The number of nitrogens with zero attached hydrogens (tertiary/aromatic N) is 2. The molecule has 1 saturated heterocycles. The third-order valence-electron chi connectivity index (χ3n) is 2.64. The van der Waals surface area contributed by atoms with Crippen LogP contribution in [-0.2, 0) is 16.0 Å². The van der Waals surface area contributed by atoms with E-state index in [1.54, 1.807) is 6.20 Å². The van der Waals surface area contributed by atoms with E-state index in [-0.39, 0.29) is 11.6 Å². The first-order chi connectivity index (χ1) is 8.54. The van der Waals surface area contributed by atoms with E-state index in [0.717, 1.165) is 12.2 Å². The average Bonchev–Trinajstić information content (AvgIpc) is 2.37. The van der Waals surface area contributed by atoms with Crippen molar-refractivity contribution in [3.63, 3.8) is 0 Å². The summed E-state index contributed by atoms with van der Waals surface area (Å²) in [4.78, 5) is 8.78. The lowest BCUT2D eigenvalue weighted by atomic mass is 10.1. The average molecular weight is 251 g/mol. The molecule has 0 bridgehead atoms. The van der Waals surface area contributed by atoms with Crippen molar-refractivity contribution in [2.75, 3.05) is 19.8 Å². The normalized spacial score (nSPS) is 20.9. The molecule has 2 heterocycles. The Morgan fingerprint density at radius 3 is 2.89 bits per heavy atom. The van der Waals surface area contributed by atoms with Gasteiger partial charge >= 0.3 is 0 Å². The van der Waals surface area contributed by atoms with Crippen molar-refractivity contribution >= 4 is 0 Å². The van der Waals surface area contributed by atoms with E-state index in [4.69, 9.17) is 9.47 Å². The van der Waals surface area contributed by atoms with Gasteiger partial charge in [-0.05, 0) is 26.8 Å². The second-order valence-corrected chi connectivity index (χ2v) is 5.44. The molecular weight excluding hydrogens is 230 g/mol. The minimum absolute atomic E-state index is 0.0789. The van der Waals surface area contributed by atoms with Crippen LogP contribution in [0.2, 0.25) is 0 Å². The summed E-state index contributed by atoms with van der Waals surface area (Å²) < 4.78 is 11.0. The molecule has 1 aliphatic rings. The molecule has 1 aliphatic heterocycles. The first kappa shape index (κ1) is 13.4. The summed E-state index contributed by atoms with van der Waals surface area (Å²) in [6, 6.07) is 1.92. The topological polar surface area (TPSA) is 56.3 Å². The third-order valence-corrected chi connectivity index (χ3v) is 2.64. The molecule has 0 spiro atoms. The largest absolute Gasteiger partial charge is 0.376 e. The van der Waals surface area contributed by atoms with Gasteiger partial charge in [-0.2, -0.15) is 0 Å². The van der Waals surface area contributed by atoms with Gasteiger partial charge in [-0.25, -0.2) is 9.97 Å². The van der Waals surface area contributed by atoms with Crippen molar-refractivity contribution in [2.45, 2.75) is 39.0 Å². The molecule has 100 valence electrons. The molecule has 2 rings (SSSR count). The molecule has 18 heavy (non-hydrogen) atoms. The molecule has 1 aromatic heterocycles. The monoisotopic (exact) mass is 251 g/mol. The van der Waals surface area contributed by atoms with Crippen LogP contribution in [0.25, 0.3) is 0 Å². The Kier molecular flexibility index (Phi) is 4.27. The van der Waals surface area contributed by atoms with Crippen molar-refractivity contribution in [2.24, 2.45) is 0 Å². The Hall–Kier alpha value is -1.04. The molecule has 1 atom stereocenters. The predicted octanol–water partition coefficient (Wildman–Crippen LogP) is 1.45. The van der Waals surface area contributed by atoms with Gasteiger partial charge in [-0.15, -0.1) is 0 Å². The van der Waals surface area contributed by atoms with E-state index >= 15 is 0 Å². The predicted molar refractivity (Wildman–Crippen MR) is 68.1 cm³/mol. The van der Waals surface area contributed by atoms with Crippen LogP contribution < -0.4 is 5.32 Å². The minimum Gasteiger partial charge on any atom is -0.376 e. The van der Waals surface area contributed by atoms with Gasteiger partial charge in [0.1, 0.15) is 6.10 Å². The van der Waals surface area contributed by atoms with E-state index in [1.807, 2.05) is 6.07 Å². The molecule has 1 aromatic rings. The van der Waals surface area contributed by atoms with Crippen LogP contribution in [-0.4, -0.2) is 35.3 Å². The quantitative estimate of drug-likeness (QED) is 0.881. The van der Waals surface area contributed by atoms with Crippen LogP contribution in [0.4, 0.5) is 0 Å². The Labute approximate surface area is 108 Å². The fourth-order valence-electron chi connectivity index (χ4n) is 1.66. The van der Waals surface area contributed by atoms with Crippen molar-refractivity contribution in [1.82, 2.24) is 15.3 Å². The van der Waals surface area contributed by atoms with Crippen molar-refractivity contribution in [1.29, 1.82) is 0 Å². The maximum atomic E-state index is 5.59. The van der Waals surface area contributed by atoms with Gasteiger partial charge in [-0.3, -0.25) is 0 Å². The first-order valence-corrected chi connectivity index (χ1v) is 6.31. The highest BCUT2D eigenvalue weighted by Crippen LogP contribution is 2.16. The molecule has 0 saturated carbocycles. The summed E-state index contributed by atoms with van der Waals surface area (Å²) in [5.74, 6) is 0.711. The van der Waals surface area contributed by atoms with Gasteiger partial charge in [-0.1, -0.05) is 0 Å². The zero-order valence-electron chi connectivity index (χ0n) is 11.3. The minimum atomic E-state index is -0.131. The molecule has 0 aromatic carbocycles. The molecule has 1 N–H and O–H groups in total.